The van der Waals surface area contributed by atoms with E-state index in [0.717, 1.165) is 5.69 Å². The maximum absolute atomic E-state index is 12.3. The number of hydrogen-bond acceptors (Lipinski definition) is 5. The number of hydrogen-bond donors (Lipinski definition) is 2. The lowest BCUT2D eigenvalue weighted by atomic mass is 10.0. The Morgan fingerprint density at radius 3 is 2.00 bits per heavy atom. The summed E-state index contributed by atoms with van der Waals surface area (Å²) in [5.41, 5.74) is 6.90. The van der Waals surface area contributed by atoms with Crippen LogP contribution in [0.25, 0.3) is 0 Å². The van der Waals surface area contributed by atoms with Gasteiger partial charge in [-0.05, 0) is 36.6 Å². The van der Waals surface area contributed by atoms with Crippen molar-refractivity contribution in [3.8, 4) is 0 Å². The van der Waals surface area contributed by atoms with E-state index in [2.05, 4.69) is 18.7 Å². The molecule has 1 aromatic carbocycles. The van der Waals surface area contributed by atoms with Crippen LogP contribution in [0.5, 0.6) is 0 Å². The lowest BCUT2D eigenvalue weighted by Crippen LogP contribution is -2.53. The summed E-state index contributed by atoms with van der Waals surface area (Å²) in [5, 5.41) is 5.10. The number of piperazine rings is 1. The Balaban J connectivity index is 0.00000312. The van der Waals surface area contributed by atoms with Crippen LogP contribution in [0.1, 0.15) is 20.3 Å². The molecule has 4 N–H and O–H groups in total. The van der Waals surface area contributed by atoms with E-state index in [0.29, 0.717) is 38.5 Å². The molecule has 150 valence electrons. The van der Waals surface area contributed by atoms with E-state index >= 15 is 0 Å². The maximum atomic E-state index is 12.3. The topological polar surface area (TPSA) is 110 Å². The molecule has 1 aliphatic heterocycles. The number of benzene rings is 1. The molecule has 0 saturated carbocycles. The van der Waals surface area contributed by atoms with Gasteiger partial charge >= 0.3 is 0 Å². The lowest BCUT2D eigenvalue weighted by Gasteiger charge is -2.37. The van der Waals surface area contributed by atoms with E-state index < -0.39 is 16.1 Å². The molecule has 1 saturated heterocycles. The number of halogens is 2. The number of nitrogens with two attached hydrogens (primary N) is 2. The molecule has 0 bridgehead atoms. The third-order valence-electron chi connectivity index (χ3n) is 4.16. The number of carbonyl (C=O) groups excluding carboxylic acids is 1. The van der Waals surface area contributed by atoms with Crippen molar-refractivity contribution in [3.05, 3.63) is 24.3 Å². The van der Waals surface area contributed by atoms with Crippen LogP contribution in [0.3, 0.4) is 0 Å². The Morgan fingerprint density at radius 1 is 1.08 bits per heavy atom. The molecule has 1 aromatic rings. The van der Waals surface area contributed by atoms with E-state index in [1.54, 1.807) is 12.1 Å². The van der Waals surface area contributed by atoms with E-state index in [-0.39, 0.29) is 35.6 Å². The van der Waals surface area contributed by atoms with Crippen LogP contribution < -0.4 is 15.8 Å². The van der Waals surface area contributed by atoms with Crippen LogP contribution in [0.4, 0.5) is 5.69 Å². The molecule has 26 heavy (non-hydrogen) atoms. The molecule has 1 heterocycles. The van der Waals surface area contributed by atoms with Crippen LogP contribution in [0, 0.1) is 5.92 Å². The van der Waals surface area contributed by atoms with E-state index in [1.807, 2.05) is 4.90 Å². The van der Waals surface area contributed by atoms with Crippen molar-refractivity contribution < 1.29 is 13.2 Å². The second-order valence-electron chi connectivity index (χ2n) is 6.59. The Kier molecular flexibility index (Phi) is 9.90. The minimum Gasteiger partial charge on any atom is -0.368 e. The Hall–Kier alpha value is -1.06. The number of carbonyl (C=O) groups is 1. The predicted octanol–water partition coefficient (Wildman–Crippen LogP) is 1.20. The first-order valence-corrected chi connectivity index (χ1v) is 9.65. The highest BCUT2D eigenvalue weighted by atomic mass is 35.5. The van der Waals surface area contributed by atoms with Crippen LogP contribution >= 0.6 is 24.8 Å². The molecule has 1 amide bonds. The zero-order valence-corrected chi connectivity index (χ0v) is 17.4. The zero-order chi connectivity index (χ0) is 17.9. The van der Waals surface area contributed by atoms with Gasteiger partial charge in [-0.2, -0.15) is 0 Å². The van der Waals surface area contributed by atoms with E-state index in [9.17, 15) is 13.2 Å². The summed E-state index contributed by atoms with van der Waals surface area (Å²) in [6, 6.07) is 6.04. The third-order valence-corrected chi connectivity index (χ3v) is 5.09. The van der Waals surface area contributed by atoms with Crippen molar-refractivity contribution in [1.82, 2.24) is 4.90 Å². The number of anilines is 1. The SMILES string of the molecule is CC(C)C[C@H](N)C(=O)N1CCN(c2ccc(S(N)(=O)=O)cc2)CC1.Cl.Cl. The average Bonchev–Trinajstić information content (AvgIpc) is 2.53. The average molecular weight is 427 g/mol. The number of rotatable bonds is 5. The fourth-order valence-corrected chi connectivity index (χ4v) is 3.39. The molecule has 7 nitrogen and oxygen atoms in total. The standard InChI is InChI=1S/C16H26N4O3S.2ClH/c1-12(2)11-15(17)16(21)20-9-7-19(8-10-20)13-3-5-14(6-4-13)24(18,22)23;;/h3-6,12,15H,7-11,17H2,1-2H3,(H2,18,22,23);2*1H/t15-;;/m0../s1. The zero-order valence-electron chi connectivity index (χ0n) is 15.0. The lowest BCUT2D eigenvalue weighted by molar-refractivity contribution is -0.133. The first-order chi connectivity index (χ1) is 11.2. The highest BCUT2D eigenvalue weighted by molar-refractivity contribution is 7.89. The van der Waals surface area contributed by atoms with Crippen molar-refractivity contribution in [1.29, 1.82) is 0 Å². The van der Waals surface area contributed by atoms with Gasteiger partial charge < -0.3 is 15.5 Å². The molecule has 0 aliphatic carbocycles. The van der Waals surface area contributed by atoms with Crippen LogP contribution in [-0.2, 0) is 14.8 Å². The van der Waals surface area contributed by atoms with Crippen molar-refractivity contribution in [2.24, 2.45) is 16.8 Å². The molecule has 10 heteroatoms. The van der Waals surface area contributed by atoms with Crippen molar-refractivity contribution in [2.75, 3.05) is 31.1 Å². The molecular weight excluding hydrogens is 399 g/mol. The van der Waals surface area contributed by atoms with Crippen LogP contribution in [0.2, 0.25) is 0 Å². The van der Waals surface area contributed by atoms with E-state index in [4.69, 9.17) is 10.9 Å². The summed E-state index contributed by atoms with van der Waals surface area (Å²) in [6.45, 7) is 6.71. The molecule has 1 atom stereocenters. The summed E-state index contributed by atoms with van der Waals surface area (Å²) < 4.78 is 22.6. The van der Waals surface area contributed by atoms with Crippen LogP contribution in [-0.4, -0.2) is 51.4 Å². The fraction of sp³-hybridized carbons (Fsp3) is 0.562. The fourth-order valence-electron chi connectivity index (χ4n) is 2.87. The van der Waals surface area contributed by atoms with Crippen molar-refractivity contribution >= 4 is 46.4 Å². The third kappa shape index (κ3) is 6.59. The Morgan fingerprint density at radius 2 is 1.58 bits per heavy atom. The largest absolute Gasteiger partial charge is 0.368 e. The molecule has 2 rings (SSSR count). The highest BCUT2D eigenvalue weighted by Gasteiger charge is 2.25. The number of nitrogens with zero attached hydrogens (tertiary/aromatic N) is 2. The van der Waals surface area contributed by atoms with Gasteiger partial charge in [0.05, 0.1) is 10.9 Å². The summed E-state index contributed by atoms with van der Waals surface area (Å²) in [4.78, 5) is 16.4. The quantitative estimate of drug-likeness (QED) is 0.734. The molecule has 0 aromatic heterocycles. The first-order valence-electron chi connectivity index (χ1n) is 8.10. The normalized spacial score (nSPS) is 15.9. The monoisotopic (exact) mass is 426 g/mol. The molecule has 1 aliphatic rings. The predicted molar refractivity (Wildman–Crippen MR) is 109 cm³/mol. The van der Waals surface area contributed by atoms with Gasteiger partial charge in [-0.3, -0.25) is 4.79 Å². The summed E-state index contributed by atoms with van der Waals surface area (Å²) >= 11 is 0. The Labute approximate surface area is 168 Å². The number of amides is 1. The van der Waals surface area contributed by atoms with Crippen LogP contribution in [0.15, 0.2) is 29.2 Å². The van der Waals surface area contributed by atoms with Gasteiger partial charge in [0.25, 0.3) is 0 Å². The van der Waals surface area contributed by atoms with Gasteiger partial charge in [0.1, 0.15) is 0 Å². The second-order valence-corrected chi connectivity index (χ2v) is 8.15. The second kappa shape index (κ2) is 10.3. The molecule has 0 spiro atoms. The maximum Gasteiger partial charge on any atom is 0.239 e. The van der Waals surface area contributed by atoms with E-state index in [1.165, 1.54) is 12.1 Å². The number of primary sulfonamides is 1. The van der Waals surface area contributed by atoms with Gasteiger partial charge in [-0.1, -0.05) is 13.8 Å². The molecule has 1 fully saturated rings. The van der Waals surface area contributed by atoms with Gasteiger partial charge in [-0.25, -0.2) is 13.6 Å². The summed E-state index contributed by atoms with van der Waals surface area (Å²) in [6.07, 6.45) is 0.689. The first kappa shape index (κ1) is 24.9. The Bertz CT molecular complexity index is 675. The summed E-state index contributed by atoms with van der Waals surface area (Å²) in [5.74, 6) is 0.399. The molecular formula is C16H28Cl2N4O3S. The summed E-state index contributed by atoms with van der Waals surface area (Å²) in [7, 11) is -3.68. The highest BCUT2D eigenvalue weighted by Crippen LogP contribution is 2.19. The minimum atomic E-state index is -3.68. The molecule has 0 unspecified atom stereocenters. The van der Waals surface area contributed by atoms with Crippen molar-refractivity contribution in [2.45, 2.75) is 31.2 Å². The van der Waals surface area contributed by atoms with Gasteiger partial charge in [-0.15, -0.1) is 24.8 Å². The smallest absolute Gasteiger partial charge is 0.239 e. The van der Waals surface area contributed by atoms with Gasteiger partial charge in [0.15, 0.2) is 0 Å². The molecule has 0 radical (unpaired) electrons. The van der Waals surface area contributed by atoms with Gasteiger partial charge in [0.2, 0.25) is 15.9 Å². The van der Waals surface area contributed by atoms with Crippen molar-refractivity contribution in [3.63, 3.8) is 0 Å². The minimum absolute atomic E-state index is 0. The number of sulfonamides is 1. The van der Waals surface area contributed by atoms with Gasteiger partial charge in [0, 0.05) is 31.9 Å².